The summed E-state index contributed by atoms with van der Waals surface area (Å²) in [5.74, 6) is -2.37. The van der Waals surface area contributed by atoms with E-state index < -0.39 is 41.4 Å². The first-order chi connectivity index (χ1) is 16.7. The number of phenolic OH excluding ortho intramolecular Hbond substituents is 1. The first-order valence-electron chi connectivity index (χ1n) is 11.1. The molecule has 0 saturated carbocycles. The summed E-state index contributed by atoms with van der Waals surface area (Å²) in [6, 6.07) is 9.96. The van der Waals surface area contributed by atoms with Crippen LogP contribution in [0.2, 0.25) is 0 Å². The smallest absolute Gasteiger partial charge is 0.243 e. The average Bonchev–Trinajstić information content (AvgIpc) is 2.84. The van der Waals surface area contributed by atoms with Gasteiger partial charge in [-0.3, -0.25) is 19.2 Å². The van der Waals surface area contributed by atoms with E-state index in [1.165, 1.54) is 43.3 Å². The molecule has 5 N–H and O–H groups in total. The van der Waals surface area contributed by atoms with Gasteiger partial charge >= 0.3 is 0 Å². The number of Topliss-reactive ketones (excluding diaryl/α,β-unsaturated/α-hetero) is 1. The number of aromatic hydroxyl groups is 1. The predicted molar refractivity (Wildman–Crippen MR) is 127 cm³/mol. The van der Waals surface area contributed by atoms with Crippen molar-refractivity contribution in [2.45, 2.75) is 51.2 Å². The van der Waals surface area contributed by atoms with Gasteiger partial charge in [0.25, 0.3) is 0 Å². The highest BCUT2D eigenvalue weighted by Gasteiger charge is 2.26. The monoisotopic (exact) mass is 484 g/mol. The third-order valence-corrected chi connectivity index (χ3v) is 5.21. The molecule has 0 radical (unpaired) electrons. The van der Waals surface area contributed by atoms with Crippen LogP contribution in [0.15, 0.2) is 48.5 Å². The topological polar surface area (TPSA) is 148 Å². The summed E-state index contributed by atoms with van der Waals surface area (Å²) in [6.45, 7) is 1.36. The van der Waals surface area contributed by atoms with Gasteiger partial charge in [-0.05, 0) is 54.7 Å². The molecule has 0 aliphatic heterocycles. The molecule has 0 bridgehead atoms. The van der Waals surface area contributed by atoms with Crippen molar-refractivity contribution in [3.8, 4) is 5.75 Å². The predicted octanol–water partition coefficient (Wildman–Crippen LogP) is 1.77. The summed E-state index contributed by atoms with van der Waals surface area (Å²) < 4.78 is 13.1. The Kier molecular flexibility index (Phi) is 10.5. The highest BCUT2D eigenvalue weighted by Crippen LogP contribution is 2.12. The van der Waals surface area contributed by atoms with Gasteiger partial charge in [0.2, 0.25) is 17.7 Å². The van der Waals surface area contributed by atoms with Gasteiger partial charge in [0.15, 0.2) is 5.78 Å². The SMILES string of the molecule is CC(=O)N[C@@H](CCc1ccc(O)cc1)C(=O)N[C@@H](CCC(=O)C=N)C(=O)NCc1ccc(F)cc1. The van der Waals surface area contributed by atoms with Crippen LogP contribution in [0.25, 0.3) is 0 Å². The molecule has 0 saturated heterocycles. The lowest BCUT2D eigenvalue weighted by molar-refractivity contribution is -0.132. The molecule has 0 spiro atoms. The number of nitrogens with one attached hydrogen (secondary N) is 4. The Bertz CT molecular complexity index is 1040. The molecular weight excluding hydrogens is 455 g/mol. The zero-order valence-electron chi connectivity index (χ0n) is 19.3. The van der Waals surface area contributed by atoms with Crippen LogP contribution < -0.4 is 16.0 Å². The van der Waals surface area contributed by atoms with Crippen LogP contribution in [0.5, 0.6) is 5.75 Å². The number of hydrogen-bond acceptors (Lipinski definition) is 6. The number of phenols is 1. The lowest BCUT2D eigenvalue weighted by atomic mass is 10.0. The molecular formula is C25H29FN4O5. The van der Waals surface area contributed by atoms with E-state index in [1.807, 2.05) is 0 Å². The van der Waals surface area contributed by atoms with Crippen LogP contribution in [-0.2, 0) is 32.1 Å². The van der Waals surface area contributed by atoms with Gasteiger partial charge in [0, 0.05) is 19.9 Å². The van der Waals surface area contributed by atoms with E-state index in [-0.39, 0.29) is 31.6 Å². The first kappa shape index (κ1) is 27.2. The van der Waals surface area contributed by atoms with Crippen LogP contribution >= 0.6 is 0 Å². The minimum absolute atomic E-state index is 0.0417. The van der Waals surface area contributed by atoms with Crippen LogP contribution in [0, 0.1) is 11.2 Å². The highest BCUT2D eigenvalue weighted by atomic mass is 19.1. The molecule has 10 heteroatoms. The van der Waals surface area contributed by atoms with Crippen molar-refractivity contribution >= 4 is 29.7 Å². The van der Waals surface area contributed by atoms with Gasteiger partial charge in [-0.15, -0.1) is 0 Å². The van der Waals surface area contributed by atoms with E-state index in [4.69, 9.17) is 5.41 Å². The molecule has 35 heavy (non-hydrogen) atoms. The molecule has 0 aliphatic carbocycles. The van der Waals surface area contributed by atoms with E-state index in [9.17, 15) is 28.7 Å². The fraction of sp³-hybridized carbons (Fsp3) is 0.320. The Labute approximate surface area is 202 Å². The Morgan fingerprint density at radius 3 is 2.11 bits per heavy atom. The molecule has 0 fully saturated rings. The van der Waals surface area contributed by atoms with Crippen LogP contribution in [0.4, 0.5) is 4.39 Å². The second-order valence-electron chi connectivity index (χ2n) is 8.01. The summed E-state index contributed by atoms with van der Waals surface area (Å²) in [6.07, 6.45) is 1.13. The quantitative estimate of drug-likeness (QED) is 0.275. The average molecular weight is 485 g/mol. The summed E-state index contributed by atoms with van der Waals surface area (Å²) >= 11 is 0. The summed E-state index contributed by atoms with van der Waals surface area (Å²) in [5.41, 5.74) is 1.49. The molecule has 2 aromatic rings. The van der Waals surface area contributed by atoms with Crippen molar-refractivity contribution in [2.24, 2.45) is 0 Å². The Morgan fingerprint density at radius 1 is 0.914 bits per heavy atom. The van der Waals surface area contributed by atoms with Gasteiger partial charge in [0.1, 0.15) is 23.7 Å². The fourth-order valence-corrected chi connectivity index (χ4v) is 3.30. The van der Waals surface area contributed by atoms with E-state index in [1.54, 1.807) is 12.1 Å². The molecule has 186 valence electrons. The number of carbonyl (C=O) groups excluding carboxylic acids is 4. The maximum atomic E-state index is 13.1. The fourth-order valence-electron chi connectivity index (χ4n) is 3.30. The number of amides is 3. The molecule has 9 nitrogen and oxygen atoms in total. The van der Waals surface area contributed by atoms with Crippen molar-refractivity contribution in [1.82, 2.24) is 16.0 Å². The van der Waals surface area contributed by atoms with E-state index in [0.717, 1.165) is 5.56 Å². The number of hydrogen-bond donors (Lipinski definition) is 5. The molecule has 2 atom stereocenters. The number of ketones is 1. The van der Waals surface area contributed by atoms with Gasteiger partial charge < -0.3 is 26.5 Å². The molecule has 2 rings (SSSR count). The molecule has 0 aliphatic rings. The molecule has 2 aromatic carbocycles. The Morgan fingerprint density at radius 2 is 1.51 bits per heavy atom. The normalized spacial score (nSPS) is 12.2. The number of rotatable bonds is 13. The molecule has 0 aromatic heterocycles. The minimum atomic E-state index is -1.09. The number of halogens is 1. The minimum Gasteiger partial charge on any atom is -0.508 e. The summed E-state index contributed by atoms with van der Waals surface area (Å²) in [7, 11) is 0. The van der Waals surface area contributed by atoms with Crippen molar-refractivity contribution in [1.29, 1.82) is 5.41 Å². The first-order valence-corrected chi connectivity index (χ1v) is 11.1. The largest absolute Gasteiger partial charge is 0.508 e. The van der Waals surface area contributed by atoms with E-state index in [2.05, 4.69) is 16.0 Å². The third kappa shape index (κ3) is 9.75. The van der Waals surface area contributed by atoms with Crippen molar-refractivity contribution in [3.63, 3.8) is 0 Å². The third-order valence-electron chi connectivity index (χ3n) is 5.21. The standard InChI is InChI=1S/C25H29FN4O5/c1-16(31)29-23(12-6-17-4-9-20(32)10-5-17)25(35)30-22(13-11-21(33)14-27)24(34)28-15-18-2-7-19(26)8-3-18/h2-5,7-10,14,22-23,27,32H,6,11-13,15H2,1H3,(H,28,34)(H,29,31)(H,30,35)/t22-,23-/m0/s1. The van der Waals surface area contributed by atoms with Gasteiger partial charge in [-0.2, -0.15) is 0 Å². The summed E-state index contributed by atoms with van der Waals surface area (Å²) in [4.78, 5) is 49.0. The van der Waals surface area contributed by atoms with Crippen LogP contribution in [-0.4, -0.2) is 46.9 Å². The number of benzene rings is 2. The Hall–Kier alpha value is -4.08. The van der Waals surface area contributed by atoms with Crippen molar-refractivity contribution < 1.29 is 28.7 Å². The van der Waals surface area contributed by atoms with Gasteiger partial charge in [-0.25, -0.2) is 4.39 Å². The second kappa shape index (κ2) is 13.6. The zero-order valence-corrected chi connectivity index (χ0v) is 19.3. The van der Waals surface area contributed by atoms with Crippen molar-refractivity contribution in [3.05, 3.63) is 65.5 Å². The second-order valence-corrected chi connectivity index (χ2v) is 8.01. The van der Waals surface area contributed by atoms with Gasteiger partial charge in [0.05, 0.1) is 6.21 Å². The van der Waals surface area contributed by atoms with Gasteiger partial charge in [-0.1, -0.05) is 24.3 Å². The van der Waals surface area contributed by atoms with Crippen molar-refractivity contribution in [2.75, 3.05) is 0 Å². The zero-order chi connectivity index (χ0) is 25.8. The van der Waals surface area contributed by atoms with Crippen LogP contribution in [0.1, 0.15) is 37.3 Å². The maximum absolute atomic E-state index is 13.1. The Balaban J connectivity index is 2.07. The number of aryl methyl sites for hydroxylation is 1. The lowest BCUT2D eigenvalue weighted by Gasteiger charge is -2.23. The van der Waals surface area contributed by atoms with Crippen LogP contribution in [0.3, 0.4) is 0 Å². The molecule has 0 unspecified atom stereocenters. The maximum Gasteiger partial charge on any atom is 0.243 e. The van der Waals surface area contributed by atoms with E-state index >= 15 is 0 Å². The highest BCUT2D eigenvalue weighted by molar-refractivity contribution is 6.26. The summed E-state index contributed by atoms with van der Waals surface area (Å²) in [5, 5.41) is 24.3. The number of carbonyl (C=O) groups is 4. The lowest BCUT2D eigenvalue weighted by Crippen LogP contribution is -2.53. The van der Waals surface area contributed by atoms with E-state index in [0.29, 0.717) is 18.2 Å². The molecule has 0 heterocycles. The molecule has 3 amide bonds.